The van der Waals surface area contributed by atoms with Crippen LogP contribution in [0.5, 0.6) is 0 Å². The second kappa shape index (κ2) is 8.44. The van der Waals surface area contributed by atoms with Gasteiger partial charge in [-0.2, -0.15) is 0 Å². The topological polar surface area (TPSA) is 40.2 Å². The first-order chi connectivity index (χ1) is 10.5. The SMILES string of the molecule is Cc1cccc(NC(=S)NCCCN2C[C@@H](C)C[C@H](C)C2)n1. The molecule has 2 N–H and O–H groups in total. The zero-order valence-corrected chi connectivity index (χ0v) is 14.7. The van der Waals surface area contributed by atoms with Crippen LogP contribution in [0.25, 0.3) is 0 Å². The third-order valence-electron chi connectivity index (χ3n) is 4.01. The van der Waals surface area contributed by atoms with Crippen molar-refractivity contribution in [1.82, 2.24) is 15.2 Å². The predicted octanol–water partition coefficient (Wildman–Crippen LogP) is 3.04. The van der Waals surface area contributed by atoms with Crippen molar-refractivity contribution >= 4 is 23.1 Å². The Labute approximate surface area is 139 Å². The Morgan fingerprint density at radius 1 is 1.32 bits per heavy atom. The van der Waals surface area contributed by atoms with Gasteiger partial charge < -0.3 is 15.5 Å². The van der Waals surface area contributed by atoms with Gasteiger partial charge in [0.05, 0.1) is 0 Å². The molecule has 2 atom stereocenters. The lowest BCUT2D eigenvalue weighted by molar-refractivity contribution is 0.140. The Balaban J connectivity index is 1.63. The van der Waals surface area contributed by atoms with Crippen LogP contribution in [-0.4, -0.2) is 41.2 Å². The molecule has 1 fully saturated rings. The Bertz CT molecular complexity index is 481. The molecule has 2 rings (SSSR count). The van der Waals surface area contributed by atoms with Crippen molar-refractivity contribution in [3.8, 4) is 0 Å². The highest BCUT2D eigenvalue weighted by molar-refractivity contribution is 7.80. The van der Waals surface area contributed by atoms with Gasteiger partial charge in [-0.15, -0.1) is 0 Å². The van der Waals surface area contributed by atoms with Crippen molar-refractivity contribution in [2.75, 3.05) is 31.5 Å². The molecule has 0 spiro atoms. The summed E-state index contributed by atoms with van der Waals surface area (Å²) >= 11 is 5.31. The van der Waals surface area contributed by atoms with E-state index in [1.165, 1.54) is 19.5 Å². The van der Waals surface area contributed by atoms with Crippen LogP contribution in [0.1, 0.15) is 32.4 Å². The summed E-state index contributed by atoms with van der Waals surface area (Å²) in [6.45, 7) is 11.2. The molecule has 0 amide bonds. The Hall–Kier alpha value is -1.20. The van der Waals surface area contributed by atoms with Gasteiger partial charge >= 0.3 is 0 Å². The summed E-state index contributed by atoms with van der Waals surface area (Å²) in [4.78, 5) is 6.97. The van der Waals surface area contributed by atoms with Crippen LogP contribution in [0.15, 0.2) is 18.2 Å². The van der Waals surface area contributed by atoms with Gasteiger partial charge in [-0.05, 0) is 62.5 Å². The van der Waals surface area contributed by atoms with E-state index in [9.17, 15) is 0 Å². The Morgan fingerprint density at radius 2 is 2.05 bits per heavy atom. The minimum Gasteiger partial charge on any atom is -0.362 e. The maximum atomic E-state index is 5.31. The quantitative estimate of drug-likeness (QED) is 0.644. The van der Waals surface area contributed by atoms with E-state index < -0.39 is 0 Å². The average Bonchev–Trinajstić information content (AvgIpc) is 2.42. The molecule has 0 aliphatic carbocycles. The minimum atomic E-state index is 0.651. The van der Waals surface area contributed by atoms with Gasteiger partial charge in [-0.3, -0.25) is 0 Å². The molecule has 1 aliphatic heterocycles. The second-order valence-electron chi connectivity index (χ2n) is 6.60. The van der Waals surface area contributed by atoms with E-state index in [0.29, 0.717) is 5.11 Å². The van der Waals surface area contributed by atoms with Gasteiger partial charge in [0.2, 0.25) is 0 Å². The number of hydrogen-bond donors (Lipinski definition) is 2. The molecule has 0 unspecified atom stereocenters. The number of hydrogen-bond acceptors (Lipinski definition) is 3. The third-order valence-corrected chi connectivity index (χ3v) is 4.26. The molecule has 0 bridgehead atoms. The maximum absolute atomic E-state index is 5.31. The fraction of sp³-hybridized carbons (Fsp3) is 0.647. The molecule has 5 heteroatoms. The van der Waals surface area contributed by atoms with Crippen molar-refractivity contribution in [3.05, 3.63) is 23.9 Å². The summed E-state index contributed by atoms with van der Waals surface area (Å²) in [6, 6.07) is 5.88. The summed E-state index contributed by atoms with van der Waals surface area (Å²) in [7, 11) is 0. The highest BCUT2D eigenvalue weighted by Crippen LogP contribution is 2.20. The molecule has 0 aromatic carbocycles. The number of pyridine rings is 1. The van der Waals surface area contributed by atoms with Crippen LogP contribution in [-0.2, 0) is 0 Å². The molecule has 4 nitrogen and oxygen atoms in total. The van der Waals surface area contributed by atoms with Crippen LogP contribution < -0.4 is 10.6 Å². The van der Waals surface area contributed by atoms with E-state index >= 15 is 0 Å². The number of aryl methyl sites for hydroxylation is 1. The number of likely N-dealkylation sites (tertiary alicyclic amines) is 1. The molecular formula is C17H28N4S. The monoisotopic (exact) mass is 320 g/mol. The van der Waals surface area contributed by atoms with E-state index in [4.69, 9.17) is 12.2 Å². The standard InChI is InChI=1S/C17H28N4S/c1-13-10-14(2)12-21(11-13)9-5-8-18-17(22)20-16-7-4-6-15(3)19-16/h4,6-7,13-14H,5,8-12H2,1-3H3,(H2,18,19,20,22)/t13-,14-/m0/s1. The molecule has 1 aromatic heterocycles. The van der Waals surface area contributed by atoms with E-state index in [2.05, 4.69) is 34.4 Å². The number of nitrogens with zero attached hydrogens (tertiary/aromatic N) is 2. The average molecular weight is 321 g/mol. The molecule has 0 saturated carbocycles. The fourth-order valence-corrected chi connectivity index (χ4v) is 3.46. The van der Waals surface area contributed by atoms with E-state index in [1.807, 2.05) is 25.1 Å². The molecule has 1 aromatic rings. The van der Waals surface area contributed by atoms with Crippen LogP contribution in [0.3, 0.4) is 0 Å². The normalized spacial score (nSPS) is 22.3. The van der Waals surface area contributed by atoms with Crippen molar-refractivity contribution in [2.24, 2.45) is 11.8 Å². The highest BCUT2D eigenvalue weighted by Gasteiger charge is 2.20. The van der Waals surface area contributed by atoms with E-state index in [1.54, 1.807) is 0 Å². The van der Waals surface area contributed by atoms with Crippen LogP contribution >= 0.6 is 12.2 Å². The number of anilines is 1. The van der Waals surface area contributed by atoms with Crippen molar-refractivity contribution in [1.29, 1.82) is 0 Å². The number of rotatable bonds is 5. The summed E-state index contributed by atoms with van der Waals surface area (Å²) in [5.74, 6) is 2.45. The van der Waals surface area contributed by atoms with Gasteiger partial charge in [-0.1, -0.05) is 19.9 Å². The van der Waals surface area contributed by atoms with E-state index in [0.717, 1.165) is 42.9 Å². The molecule has 1 aliphatic rings. The Kier molecular flexibility index (Phi) is 6.58. The van der Waals surface area contributed by atoms with Crippen LogP contribution in [0.2, 0.25) is 0 Å². The van der Waals surface area contributed by atoms with Gasteiger partial charge in [0, 0.05) is 25.3 Å². The summed E-state index contributed by atoms with van der Waals surface area (Å²) in [6.07, 6.45) is 2.48. The number of aromatic nitrogens is 1. The summed E-state index contributed by atoms with van der Waals surface area (Å²) < 4.78 is 0. The van der Waals surface area contributed by atoms with Gasteiger partial charge in [0.25, 0.3) is 0 Å². The second-order valence-corrected chi connectivity index (χ2v) is 7.01. The molecule has 122 valence electrons. The highest BCUT2D eigenvalue weighted by atomic mass is 32.1. The van der Waals surface area contributed by atoms with Crippen molar-refractivity contribution in [2.45, 2.75) is 33.6 Å². The molecular weight excluding hydrogens is 292 g/mol. The van der Waals surface area contributed by atoms with Crippen molar-refractivity contribution < 1.29 is 0 Å². The minimum absolute atomic E-state index is 0.651. The molecule has 22 heavy (non-hydrogen) atoms. The van der Waals surface area contributed by atoms with Gasteiger partial charge in [0.1, 0.15) is 5.82 Å². The molecule has 2 heterocycles. The smallest absolute Gasteiger partial charge is 0.171 e. The van der Waals surface area contributed by atoms with Gasteiger partial charge in [-0.25, -0.2) is 4.98 Å². The largest absolute Gasteiger partial charge is 0.362 e. The molecule has 1 saturated heterocycles. The summed E-state index contributed by atoms with van der Waals surface area (Å²) in [5, 5.41) is 7.05. The first-order valence-corrected chi connectivity index (χ1v) is 8.64. The lowest BCUT2D eigenvalue weighted by Gasteiger charge is -2.34. The number of thiocarbonyl (C=S) groups is 1. The number of nitrogens with one attached hydrogen (secondary N) is 2. The van der Waals surface area contributed by atoms with Crippen molar-refractivity contribution in [3.63, 3.8) is 0 Å². The first kappa shape index (κ1) is 17.2. The number of piperidine rings is 1. The van der Waals surface area contributed by atoms with Crippen LogP contribution in [0, 0.1) is 18.8 Å². The van der Waals surface area contributed by atoms with E-state index in [-0.39, 0.29) is 0 Å². The maximum Gasteiger partial charge on any atom is 0.171 e. The first-order valence-electron chi connectivity index (χ1n) is 8.24. The predicted molar refractivity (Wildman–Crippen MR) is 97.2 cm³/mol. The van der Waals surface area contributed by atoms with Crippen LogP contribution in [0.4, 0.5) is 5.82 Å². The third kappa shape index (κ3) is 5.89. The zero-order chi connectivity index (χ0) is 15.9. The Morgan fingerprint density at radius 3 is 2.73 bits per heavy atom. The zero-order valence-electron chi connectivity index (χ0n) is 13.9. The lowest BCUT2D eigenvalue weighted by atomic mass is 9.92. The molecule has 0 radical (unpaired) electrons. The van der Waals surface area contributed by atoms with Gasteiger partial charge in [0.15, 0.2) is 5.11 Å². The fourth-order valence-electron chi connectivity index (χ4n) is 3.25. The lowest BCUT2D eigenvalue weighted by Crippen LogP contribution is -2.40. The summed E-state index contributed by atoms with van der Waals surface area (Å²) in [5.41, 5.74) is 0.987.